The highest BCUT2D eigenvalue weighted by Crippen LogP contribution is 2.28. The van der Waals surface area contributed by atoms with E-state index in [9.17, 15) is 0 Å². The van der Waals surface area contributed by atoms with Crippen molar-refractivity contribution in [2.45, 2.75) is 20.3 Å². The minimum Gasteiger partial charge on any atom is -0.490 e. The molecule has 0 spiro atoms. The Labute approximate surface area is 95.5 Å². The zero-order valence-corrected chi connectivity index (χ0v) is 9.64. The monoisotopic (exact) mass is 223 g/mol. The molecule has 0 amide bonds. The zero-order valence-electron chi connectivity index (χ0n) is 9.64. The molecule has 88 valence electrons. The van der Waals surface area contributed by atoms with Crippen molar-refractivity contribution in [3.05, 3.63) is 23.8 Å². The fourth-order valence-electron chi connectivity index (χ4n) is 1.27. The molecule has 16 heavy (non-hydrogen) atoms. The normalized spacial score (nSPS) is 10.6. The van der Waals surface area contributed by atoms with Crippen LogP contribution in [0.2, 0.25) is 0 Å². The van der Waals surface area contributed by atoms with Crippen molar-refractivity contribution in [1.29, 1.82) is 0 Å². The molecule has 1 aromatic rings. The van der Waals surface area contributed by atoms with Crippen LogP contribution >= 0.6 is 0 Å². The zero-order chi connectivity index (χ0) is 11.8. The maximum Gasteiger partial charge on any atom is 0.161 e. The first-order valence-corrected chi connectivity index (χ1v) is 5.38. The van der Waals surface area contributed by atoms with E-state index in [0.29, 0.717) is 19.0 Å². The van der Waals surface area contributed by atoms with Gasteiger partial charge < -0.3 is 14.7 Å². The molecular weight excluding hydrogens is 206 g/mol. The Balaban J connectivity index is 2.89. The molecule has 1 N–H and O–H groups in total. The van der Waals surface area contributed by atoms with E-state index in [-0.39, 0.29) is 0 Å². The lowest BCUT2D eigenvalue weighted by Crippen LogP contribution is -2.00. The summed E-state index contributed by atoms with van der Waals surface area (Å²) < 4.78 is 11.0. The summed E-state index contributed by atoms with van der Waals surface area (Å²) in [4.78, 5) is 0. The maximum absolute atomic E-state index is 8.45. The molecule has 4 nitrogen and oxygen atoms in total. The lowest BCUT2D eigenvalue weighted by atomic mass is 10.2. The van der Waals surface area contributed by atoms with Crippen molar-refractivity contribution >= 4 is 6.21 Å². The highest BCUT2D eigenvalue weighted by Gasteiger charge is 2.05. The first-order valence-electron chi connectivity index (χ1n) is 5.38. The number of rotatable bonds is 6. The van der Waals surface area contributed by atoms with E-state index in [1.165, 1.54) is 6.21 Å². The molecule has 0 fully saturated rings. The predicted molar refractivity (Wildman–Crippen MR) is 62.8 cm³/mol. The Hall–Kier alpha value is -1.71. The van der Waals surface area contributed by atoms with Crippen LogP contribution in [-0.2, 0) is 0 Å². The highest BCUT2D eigenvalue weighted by atomic mass is 16.5. The van der Waals surface area contributed by atoms with Gasteiger partial charge in [0.15, 0.2) is 11.5 Å². The molecule has 0 atom stereocenters. The molecule has 0 saturated carbocycles. The number of oxime groups is 1. The number of hydrogen-bond donors (Lipinski definition) is 1. The molecule has 0 bridgehead atoms. The summed E-state index contributed by atoms with van der Waals surface area (Å²) in [5.74, 6) is 1.40. The topological polar surface area (TPSA) is 51.0 Å². The van der Waals surface area contributed by atoms with Crippen LogP contribution < -0.4 is 9.47 Å². The Bertz CT molecular complexity index is 350. The average Bonchev–Trinajstić information content (AvgIpc) is 2.29. The second-order valence-electron chi connectivity index (χ2n) is 3.23. The summed E-state index contributed by atoms with van der Waals surface area (Å²) in [6.07, 6.45) is 2.30. The van der Waals surface area contributed by atoms with Gasteiger partial charge in [-0.2, -0.15) is 0 Å². The van der Waals surface area contributed by atoms with Crippen molar-refractivity contribution in [2.24, 2.45) is 5.16 Å². The fraction of sp³-hybridized carbons (Fsp3) is 0.417. The molecule has 0 aliphatic rings. The van der Waals surface area contributed by atoms with E-state index in [0.717, 1.165) is 17.7 Å². The molecule has 0 heterocycles. The second-order valence-corrected chi connectivity index (χ2v) is 3.23. The molecule has 0 aliphatic carbocycles. The number of ether oxygens (including phenoxy) is 2. The van der Waals surface area contributed by atoms with Gasteiger partial charge in [0.05, 0.1) is 19.4 Å². The maximum atomic E-state index is 8.45. The first-order chi connectivity index (χ1) is 7.81. The summed E-state index contributed by atoms with van der Waals surface area (Å²) in [7, 11) is 0. The van der Waals surface area contributed by atoms with E-state index in [2.05, 4.69) is 5.16 Å². The van der Waals surface area contributed by atoms with E-state index >= 15 is 0 Å². The smallest absolute Gasteiger partial charge is 0.161 e. The Morgan fingerprint density at radius 1 is 1.25 bits per heavy atom. The Kier molecular flexibility index (Phi) is 5.19. The summed E-state index contributed by atoms with van der Waals surface area (Å²) in [6, 6.07) is 5.42. The second kappa shape index (κ2) is 6.71. The average molecular weight is 223 g/mol. The third-order valence-electron chi connectivity index (χ3n) is 1.94. The molecule has 1 aromatic carbocycles. The lowest BCUT2D eigenvalue weighted by molar-refractivity contribution is 0.277. The molecule has 1 rings (SSSR count). The van der Waals surface area contributed by atoms with Crippen LogP contribution in [0, 0.1) is 0 Å². The van der Waals surface area contributed by atoms with Crippen LogP contribution in [0.25, 0.3) is 0 Å². The summed E-state index contributed by atoms with van der Waals surface area (Å²) in [5, 5.41) is 11.4. The first kappa shape index (κ1) is 12.4. The van der Waals surface area contributed by atoms with Gasteiger partial charge in [0.2, 0.25) is 0 Å². The molecular formula is C12H17NO3. The van der Waals surface area contributed by atoms with Gasteiger partial charge in [0.25, 0.3) is 0 Å². The number of benzene rings is 1. The van der Waals surface area contributed by atoms with Crippen LogP contribution in [0.5, 0.6) is 11.5 Å². The minimum atomic E-state index is 0.572. The standard InChI is InChI=1S/C12H17NO3/c1-3-7-16-11-6-5-10(9-13-14)8-12(11)15-4-2/h5-6,8-9,14H,3-4,7H2,1-2H3. The van der Waals surface area contributed by atoms with Crippen LogP contribution in [0.3, 0.4) is 0 Å². The van der Waals surface area contributed by atoms with Crippen LogP contribution in [0.15, 0.2) is 23.4 Å². The van der Waals surface area contributed by atoms with Gasteiger partial charge in [-0.15, -0.1) is 0 Å². The number of hydrogen-bond acceptors (Lipinski definition) is 4. The van der Waals surface area contributed by atoms with Gasteiger partial charge >= 0.3 is 0 Å². The summed E-state index contributed by atoms with van der Waals surface area (Å²) >= 11 is 0. The van der Waals surface area contributed by atoms with Crippen molar-refractivity contribution < 1.29 is 14.7 Å². The van der Waals surface area contributed by atoms with Gasteiger partial charge in [0, 0.05) is 5.56 Å². The predicted octanol–water partition coefficient (Wildman–Crippen LogP) is 2.68. The van der Waals surface area contributed by atoms with Crippen molar-refractivity contribution in [3.8, 4) is 11.5 Å². The molecule has 4 heteroatoms. The van der Waals surface area contributed by atoms with Gasteiger partial charge in [-0.25, -0.2) is 0 Å². The van der Waals surface area contributed by atoms with E-state index in [4.69, 9.17) is 14.7 Å². The minimum absolute atomic E-state index is 0.572. The van der Waals surface area contributed by atoms with Crippen LogP contribution in [-0.4, -0.2) is 24.6 Å². The molecule has 0 unspecified atom stereocenters. The SMILES string of the molecule is CCCOc1ccc(C=NO)cc1OCC. The van der Waals surface area contributed by atoms with Gasteiger partial charge in [-0.1, -0.05) is 12.1 Å². The fourth-order valence-corrected chi connectivity index (χ4v) is 1.27. The molecule has 0 saturated heterocycles. The largest absolute Gasteiger partial charge is 0.490 e. The molecule has 0 aromatic heterocycles. The Morgan fingerprint density at radius 2 is 2.06 bits per heavy atom. The quantitative estimate of drug-likeness (QED) is 0.458. The van der Waals surface area contributed by atoms with E-state index in [1.54, 1.807) is 6.07 Å². The van der Waals surface area contributed by atoms with Crippen LogP contribution in [0.4, 0.5) is 0 Å². The van der Waals surface area contributed by atoms with E-state index in [1.807, 2.05) is 26.0 Å². The summed E-state index contributed by atoms with van der Waals surface area (Å²) in [6.45, 7) is 5.19. The summed E-state index contributed by atoms with van der Waals surface area (Å²) in [5.41, 5.74) is 0.773. The van der Waals surface area contributed by atoms with Crippen molar-refractivity contribution in [2.75, 3.05) is 13.2 Å². The van der Waals surface area contributed by atoms with Gasteiger partial charge in [0.1, 0.15) is 0 Å². The molecule has 0 radical (unpaired) electrons. The lowest BCUT2D eigenvalue weighted by Gasteiger charge is -2.11. The third-order valence-corrected chi connectivity index (χ3v) is 1.94. The number of nitrogens with zero attached hydrogens (tertiary/aromatic N) is 1. The van der Waals surface area contributed by atoms with Crippen molar-refractivity contribution in [3.63, 3.8) is 0 Å². The Morgan fingerprint density at radius 3 is 2.69 bits per heavy atom. The van der Waals surface area contributed by atoms with Crippen molar-refractivity contribution in [1.82, 2.24) is 0 Å². The molecule has 0 aliphatic heterocycles. The van der Waals surface area contributed by atoms with Crippen LogP contribution in [0.1, 0.15) is 25.8 Å². The van der Waals surface area contributed by atoms with E-state index < -0.39 is 0 Å². The van der Waals surface area contributed by atoms with Gasteiger partial charge in [-0.05, 0) is 31.5 Å². The third kappa shape index (κ3) is 3.46. The van der Waals surface area contributed by atoms with Gasteiger partial charge in [-0.3, -0.25) is 0 Å². The highest BCUT2D eigenvalue weighted by molar-refractivity contribution is 5.80.